The number of carbonyl (C=O) groups is 3. The van der Waals surface area contributed by atoms with Crippen molar-refractivity contribution in [2.24, 2.45) is 17.1 Å². The van der Waals surface area contributed by atoms with Crippen molar-refractivity contribution in [3.05, 3.63) is 29.8 Å². The van der Waals surface area contributed by atoms with Crippen LogP contribution >= 0.6 is 0 Å². The molecule has 3 N–H and O–H groups in total. The minimum absolute atomic E-state index is 0.120. The lowest BCUT2D eigenvalue weighted by atomic mass is 9.90. The largest absolute Gasteiger partial charge is 0.483 e. The fraction of sp³-hybridized carbons (Fsp3) is 0.471. The number of para-hydroxylation sites is 1. The molecule has 3 rings (SSSR count). The highest BCUT2D eigenvalue weighted by atomic mass is 16.5. The van der Waals surface area contributed by atoms with Gasteiger partial charge in [-0.25, -0.2) is 0 Å². The number of hydrogen-bond donors (Lipinski definition) is 2. The molecule has 1 aromatic rings. The first-order chi connectivity index (χ1) is 11.4. The van der Waals surface area contributed by atoms with Crippen LogP contribution in [-0.2, 0) is 9.59 Å². The lowest BCUT2D eigenvalue weighted by Gasteiger charge is -2.33. The molecule has 0 radical (unpaired) electrons. The molecular weight excluding hydrogens is 312 g/mol. The SMILES string of the molecule is NC(=O)COc1ccccc1C(=O)N1CCC2(CC1)CC2C(=O)O. The van der Waals surface area contributed by atoms with Crippen LogP contribution in [0.15, 0.2) is 24.3 Å². The second-order valence-corrected chi connectivity index (χ2v) is 6.50. The minimum atomic E-state index is -0.736. The summed E-state index contributed by atoms with van der Waals surface area (Å²) in [7, 11) is 0. The van der Waals surface area contributed by atoms with E-state index in [0.29, 0.717) is 43.7 Å². The summed E-state index contributed by atoms with van der Waals surface area (Å²) in [5.74, 6) is -1.44. The van der Waals surface area contributed by atoms with Gasteiger partial charge in [-0.15, -0.1) is 0 Å². The molecule has 1 saturated heterocycles. The van der Waals surface area contributed by atoms with Crippen molar-refractivity contribution in [3.63, 3.8) is 0 Å². The van der Waals surface area contributed by atoms with Crippen LogP contribution in [0.1, 0.15) is 29.6 Å². The third-order valence-electron chi connectivity index (χ3n) is 5.02. The van der Waals surface area contributed by atoms with Crippen molar-refractivity contribution in [1.82, 2.24) is 4.90 Å². The molecule has 0 aromatic heterocycles. The van der Waals surface area contributed by atoms with Gasteiger partial charge in [0.1, 0.15) is 5.75 Å². The van der Waals surface area contributed by atoms with E-state index in [4.69, 9.17) is 15.6 Å². The molecule has 1 aliphatic carbocycles. The number of carboxylic acid groups (broad SMARTS) is 1. The van der Waals surface area contributed by atoms with E-state index in [0.717, 1.165) is 0 Å². The van der Waals surface area contributed by atoms with E-state index >= 15 is 0 Å². The minimum Gasteiger partial charge on any atom is -0.483 e. The molecule has 2 amide bonds. The van der Waals surface area contributed by atoms with Crippen LogP contribution in [0, 0.1) is 11.3 Å². The lowest BCUT2D eigenvalue weighted by molar-refractivity contribution is -0.139. The van der Waals surface area contributed by atoms with Crippen molar-refractivity contribution >= 4 is 17.8 Å². The second-order valence-electron chi connectivity index (χ2n) is 6.50. The molecule has 1 aromatic carbocycles. The van der Waals surface area contributed by atoms with E-state index in [2.05, 4.69) is 0 Å². The standard InChI is InChI=1S/C17H20N2O5/c18-14(20)10-24-13-4-2-1-3-11(13)15(21)19-7-5-17(6-8-19)9-12(17)16(22)23/h1-4,12H,5-10H2,(H2,18,20)(H,22,23). The third kappa shape index (κ3) is 3.06. The van der Waals surface area contributed by atoms with Gasteiger partial charge in [0.05, 0.1) is 11.5 Å². The van der Waals surface area contributed by atoms with E-state index in [1.165, 1.54) is 0 Å². The third-order valence-corrected chi connectivity index (χ3v) is 5.02. The van der Waals surface area contributed by atoms with E-state index in [9.17, 15) is 14.4 Å². The first-order valence-electron chi connectivity index (χ1n) is 7.95. The Morgan fingerprint density at radius 1 is 1.25 bits per heavy atom. The lowest BCUT2D eigenvalue weighted by Crippen LogP contribution is -2.40. The number of carbonyl (C=O) groups excluding carboxylic acids is 2. The Morgan fingerprint density at radius 2 is 1.92 bits per heavy atom. The Bertz CT molecular complexity index is 679. The summed E-state index contributed by atoms with van der Waals surface area (Å²) in [6.45, 7) is 0.785. The van der Waals surface area contributed by atoms with Gasteiger partial charge in [-0.2, -0.15) is 0 Å². The Hall–Kier alpha value is -2.57. The van der Waals surface area contributed by atoms with Crippen LogP contribution < -0.4 is 10.5 Å². The highest BCUT2D eigenvalue weighted by Crippen LogP contribution is 2.59. The van der Waals surface area contributed by atoms with E-state index in [1.54, 1.807) is 29.2 Å². The van der Waals surface area contributed by atoms with Crippen molar-refractivity contribution in [1.29, 1.82) is 0 Å². The van der Waals surface area contributed by atoms with Gasteiger partial charge in [0.15, 0.2) is 6.61 Å². The van der Waals surface area contributed by atoms with Crippen LogP contribution in [0.3, 0.4) is 0 Å². The number of aliphatic carboxylic acids is 1. The van der Waals surface area contributed by atoms with Gasteiger partial charge in [-0.1, -0.05) is 12.1 Å². The molecule has 7 nitrogen and oxygen atoms in total. The number of primary amides is 1. The van der Waals surface area contributed by atoms with Crippen LogP contribution in [0.5, 0.6) is 5.75 Å². The van der Waals surface area contributed by atoms with Gasteiger partial charge in [0, 0.05) is 13.1 Å². The molecule has 1 unspecified atom stereocenters. The molecule has 2 aliphatic rings. The molecule has 1 atom stereocenters. The van der Waals surface area contributed by atoms with Crippen LogP contribution in [-0.4, -0.2) is 47.5 Å². The summed E-state index contributed by atoms with van der Waals surface area (Å²) in [6.07, 6.45) is 2.13. The number of piperidine rings is 1. The maximum Gasteiger partial charge on any atom is 0.307 e. The zero-order chi connectivity index (χ0) is 17.3. The number of benzene rings is 1. The quantitative estimate of drug-likeness (QED) is 0.831. The van der Waals surface area contributed by atoms with Crippen molar-refractivity contribution in [2.45, 2.75) is 19.3 Å². The maximum absolute atomic E-state index is 12.7. The molecule has 1 saturated carbocycles. The topological polar surface area (TPSA) is 110 Å². The number of nitrogens with zero attached hydrogens (tertiary/aromatic N) is 1. The van der Waals surface area contributed by atoms with E-state index in [1.807, 2.05) is 0 Å². The normalized spacial score (nSPS) is 21.3. The van der Waals surface area contributed by atoms with Gasteiger partial charge >= 0.3 is 5.97 Å². The van der Waals surface area contributed by atoms with Gasteiger partial charge in [-0.3, -0.25) is 14.4 Å². The molecule has 0 bridgehead atoms. The monoisotopic (exact) mass is 332 g/mol. The number of amides is 2. The van der Waals surface area contributed by atoms with E-state index in [-0.39, 0.29) is 23.8 Å². The smallest absolute Gasteiger partial charge is 0.307 e. The fourth-order valence-corrected chi connectivity index (χ4v) is 3.49. The summed E-state index contributed by atoms with van der Waals surface area (Å²) in [6, 6.07) is 6.74. The Balaban J connectivity index is 1.66. The Labute approximate surface area is 139 Å². The molecule has 2 fully saturated rings. The summed E-state index contributed by atoms with van der Waals surface area (Å²) in [5.41, 5.74) is 5.34. The number of likely N-dealkylation sites (tertiary alicyclic amines) is 1. The summed E-state index contributed by atoms with van der Waals surface area (Å²) >= 11 is 0. The van der Waals surface area contributed by atoms with Crippen molar-refractivity contribution < 1.29 is 24.2 Å². The molecule has 1 aliphatic heterocycles. The predicted octanol–water partition coefficient (Wildman–Crippen LogP) is 0.878. The summed E-state index contributed by atoms with van der Waals surface area (Å²) in [4.78, 5) is 36.4. The van der Waals surface area contributed by atoms with Crippen LogP contribution in [0.2, 0.25) is 0 Å². The molecule has 1 spiro atoms. The molecular formula is C17H20N2O5. The number of rotatable bonds is 5. The van der Waals surface area contributed by atoms with Crippen molar-refractivity contribution in [2.75, 3.05) is 19.7 Å². The second kappa shape index (κ2) is 6.14. The average Bonchev–Trinajstić information content (AvgIpc) is 3.27. The average molecular weight is 332 g/mol. The van der Waals surface area contributed by atoms with Crippen LogP contribution in [0.25, 0.3) is 0 Å². The predicted molar refractivity (Wildman–Crippen MR) is 84.4 cm³/mol. The molecule has 7 heteroatoms. The molecule has 1 heterocycles. The summed E-state index contributed by atoms with van der Waals surface area (Å²) in [5, 5.41) is 9.13. The van der Waals surface area contributed by atoms with Gasteiger partial charge in [0.2, 0.25) is 0 Å². The number of carboxylic acids is 1. The van der Waals surface area contributed by atoms with Gasteiger partial charge in [-0.05, 0) is 36.8 Å². The highest BCUT2D eigenvalue weighted by molar-refractivity contribution is 5.97. The van der Waals surface area contributed by atoms with Crippen LogP contribution in [0.4, 0.5) is 0 Å². The fourth-order valence-electron chi connectivity index (χ4n) is 3.49. The van der Waals surface area contributed by atoms with Gasteiger partial charge < -0.3 is 20.5 Å². The van der Waals surface area contributed by atoms with Gasteiger partial charge in [0.25, 0.3) is 11.8 Å². The number of nitrogens with two attached hydrogens (primary N) is 1. The van der Waals surface area contributed by atoms with E-state index < -0.39 is 11.9 Å². The molecule has 24 heavy (non-hydrogen) atoms. The number of ether oxygens (including phenoxy) is 1. The number of hydrogen-bond acceptors (Lipinski definition) is 4. The Morgan fingerprint density at radius 3 is 2.50 bits per heavy atom. The van der Waals surface area contributed by atoms with Crippen molar-refractivity contribution in [3.8, 4) is 5.75 Å². The molecule has 128 valence electrons. The zero-order valence-electron chi connectivity index (χ0n) is 13.2. The first-order valence-corrected chi connectivity index (χ1v) is 7.95. The zero-order valence-corrected chi connectivity index (χ0v) is 13.2. The summed E-state index contributed by atoms with van der Waals surface area (Å²) < 4.78 is 5.31. The highest BCUT2D eigenvalue weighted by Gasteiger charge is 2.59. The first kappa shape index (κ1) is 16.3. The Kier molecular flexibility index (Phi) is 4.17. The maximum atomic E-state index is 12.7.